The van der Waals surface area contributed by atoms with Crippen LogP contribution in [0.3, 0.4) is 0 Å². The van der Waals surface area contributed by atoms with E-state index >= 15 is 0 Å². The molecule has 0 unspecified atom stereocenters. The molecule has 2 rings (SSSR count). The fourth-order valence-electron chi connectivity index (χ4n) is 2.67. The fourth-order valence-corrected chi connectivity index (χ4v) is 3.05. The highest BCUT2D eigenvalue weighted by Gasteiger charge is 2.21. The van der Waals surface area contributed by atoms with Gasteiger partial charge in [0.2, 0.25) is 5.91 Å². The summed E-state index contributed by atoms with van der Waals surface area (Å²) in [5.74, 6) is 1.16. The van der Waals surface area contributed by atoms with Crippen molar-refractivity contribution >= 4 is 21.8 Å². The molecule has 0 atom stereocenters. The number of amides is 1. The van der Waals surface area contributed by atoms with Gasteiger partial charge in [-0.15, -0.1) is 0 Å². The summed E-state index contributed by atoms with van der Waals surface area (Å²) in [6, 6.07) is 6.04. The summed E-state index contributed by atoms with van der Waals surface area (Å²) in [5.41, 5.74) is 6.49. The third-order valence-corrected chi connectivity index (χ3v) is 4.62. The number of methoxy groups -OCH3 is 1. The Bertz CT molecular complexity index is 471. The second-order valence-corrected chi connectivity index (χ2v) is 6.20. The van der Waals surface area contributed by atoms with E-state index in [1.54, 1.807) is 7.11 Å². The topological polar surface area (TPSA) is 55.6 Å². The highest BCUT2D eigenvalue weighted by molar-refractivity contribution is 9.10. The van der Waals surface area contributed by atoms with E-state index in [9.17, 15) is 4.79 Å². The Morgan fingerprint density at radius 3 is 2.75 bits per heavy atom. The van der Waals surface area contributed by atoms with E-state index in [1.165, 1.54) is 5.56 Å². The second kappa shape index (κ2) is 7.09. The van der Waals surface area contributed by atoms with Crippen molar-refractivity contribution < 1.29 is 9.53 Å². The Morgan fingerprint density at radius 1 is 1.45 bits per heavy atom. The molecule has 1 fully saturated rings. The maximum absolute atomic E-state index is 10.9. The number of hydrogen-bond donors (Lipinski definition) is 1. The molecule has 0 spiro atoms. The van der Waals surface area contributed by atoms with Crippen molar-refractivity contribution in [3.05, 3.63) is 28.2 Å². The van der Waals surface area contributed by atoms with Crippen molar-refractivity contribution in [2.75, 3.05) is 20.2 Å². The molecule has 0 aliphatic carbocycles. The predicted molar refractivity (Wildman–Crippen MR) is 82.5 cm³/mol. The summed E-state index contributed by atoms with van der Waals surface area (Å²) in [4.78, 5) is 13.4. The van der Waals surface area contributed by atoms with Crippen molar-refractivity contribution in [1.82, 2.24) is 4.90 Å². The number of halogens is 1. The summed E-state index contributed by atoms with van der Waals surface area (Å²) < 4.78 is 6.38. The summed E-state index contributed by atoms with van der Waals surface area (Å²) in [5, 5.41) is 0. The van der Waals surface area contributed by atoms with Crippen molar-refractivity contribution in [2.24, 2.45) is 11.7 Å². The van der Waals surface area contributed by atoms with Crippen LogP contribution in [0.4, 0.5) is 0 Å². The number of carbonyl (C=O) groups is 1. The molecule has 0 aromatic heterocycles. The maximum Gasteiger partial charge on any atom is 0.217 e. The van der Waals surface area contributed by atoms with Gasteiger partial charge >= 0.3 is 0 Å². The zero-order valence-corrected chi connectivity index (χ0v) is 13.4. The van der Waals surface area contributed by atoms with Crippen molar-refractivity contribution in [2.45, 2.75) is 25.8 Å². The number of primary amides is 1. The Balaban J connectivity index is 1.90. The van der Waals surface area contributed by atoms with Crippen LogP contribution in [-0.2, 0) is 11.3 Å². The molecule has 1 aromatic rings. The lowest BCUT2D eigenvalue weighted by atomic mass is 9.93. The lowest BCUT2D eigenvalue weighted by Crippen LogP contribution is -2.34. The molecule has 20 heavy (non-hydrogen) atoms. The number of nitrogens with zero attached hydrogens (tertiary/aromatic N) is 1. The minimum absolute atomic E-state index is 0.181. The highest BCUT2D eigenvalue weighted by Crippen LogP contribution is 2.26. The number of benzene rings is 1. The average molecular weight is 341 g/mol. The molecule has 1 aliphatic heterocycles. The number of carbonyl (C=O) groups excluding carboxylic acids is 1. The second-order valence-electron chi connectivity index (χ2n) is 5.35. The van der Waals surface area contributed by atoms with Gasteiger partial charge in [0.15, 0.2) is 0 Å². The number of rotatable bonds is 5. The van der Waals surface area contributed by atoms with Crippen LogP contribution in [0.5, 0.6) is 5.75 Å². The molecule has 2 N–H and O–H groups in total. The Morgan fingerprint density at radius 2 is 2.15 bits per heavy atom. The first-order valence-corrected chi connectivity index (χ1v) is 7.71. The molecule has 1 saturated heterocycles. The van der Waals surface area contributed by atoms with Crippen LogP contribution < -0.4 is 10.5 Å². The smallest absolute Gasteiger partial charge is 0.217 e. The van der Waals surface area contributed by atoms with Gasteiger partial charge in [-0.1, -0.05) is 15.9 Å². The number of likely N-dealkylation sites (tertiary alicyclic amines) is 1. The van der Waals surface area contributed by atoms with Crippen LogP contribution in [0.1, 0.15) is 24.8 Å². The molecule has 1 aromatic carbocycles. The fraction of sp³-hybridized carbons (Fsp3) is 0.533. The number of hydrogen-bond acceptors (Lipinski definition) is 3. The summed E-state index contributed by atoms with van der Waals surface area (Å²) >= 11 is 3.59. The number of ether oxygens (including phenoxy) is 1. The van der Waals surface area contributed by atoms with Crippen molar-refractivity contribution in [3.8, 4) is 5.75 Å². The molecule has 110 valence electrons. The minimum atomic E-state index is -0.181. The summed E-state index contributed by atoms with van der Waals surface area (Å²) in [7, 11) is 1.68. The molecular weight excluding hydrogens is 320 g/mol. The number of piperidine rings is 1. The lowest BCUT2D eigenvalue weighted by Gasteiger charge is -2.31. The lowest BCUT2D eigenvalue weighted by molar-refractivity contribution is -0.119. The van der Waals surface area contributed by atoms with E-state index in [1.807, 2.05) is 12.1 Å². The molecule has 0 bridgehead atoms. The van der Waals surface area contributed by atoms with Crippen LogP contribution >= 0.6 is 15.9 Å². The van der Waals surface area contributed by atoms with Crippen LogP contribution in [0.2, 0.25) is 0 Å². The van der Waals surface area contributed by atoms with Gasteiger partial charge < -0.3 is 10.5 Å². The van der Waals surface area contributed by atoms with Crippen LogP contribution in [0.15, 0.2) is 22.7 Å². The zero-order valence-electron chi connectivity index (χ0n) is 11.8. The van der Waals surface area contributed by atoms with Gasteiger partial charge in [0.05, 0.1) is 7.11 Å². The SMILES string of the molecule is COc1ccc(Br)c(CN2CCC(CC(N)=O)CC2)c1. The Kier molecular flexibility index (Phi) is 5.43. The molecule has 1 aliphatic rings. The Labute approximate surface area is 128 Å². The largest absolute Gasteiger partial charge is 0.497 e. The summed E-state index contributed by atoms with van der Waals surface area (Å²) in [6.45, 7) is 2.93. The van der Waals surface area contributed by atoms with Gasteiger partial charge in [-0.3, -0.25) is 9.69 Å². The van der Waals surface area contributed by atoms with E-state index < -0.39 is 0 Å². The summed E-state index contributed by atoms with van der Waals surface area (Å²) in [6.07, 6.45) is 2.62. The molecule has 0 radical (unpaired) electrons. The van der Waals surface area contributed by atoms with E-state index in [4.69, 9.17) is 10.5 Å². The predicted octanol–water partition coefficient (Wildman–Crippen LogP) is 2.55. The van der Waals surface area contributed by atoms with E-state index in [0.717, 1.165) is 42.7 Å². The van der Waals surface area contributed by atoms with Crippen LogP contribution in [-0.4, -0.2) is 31.0 Å². The van der Waals surface area contributed by atoms with Crippen molar-refractivity contribution in [3.63, 3.8) is 0 Å². The third kappa shape index (κ3) is 4.21. The van der Waals surface area contributed by atoms with Gasteiger partial charge in [0.1, 0.15) is 5.75 Å². The molecule has 5 heteroatoms. The van der Waals surface area contributed by atoms with Gasteiger partial charge in [-0.05, 0) is 55.6 Å². The standard InChI is InChI=1S/C15H21BrN2O2/c1-20-13-2-3-14(16)12(9-13)10-18-6-4-11(5-7-18)8-15(17)19/h2-3,9,11H,4-8,10H2,1H3,(H2,17,19). The third-order valence-electron chi connectivity index (χ3n) is 3.84. The highest BCUT2D eigenvalue weighted by atomic mass is 79.9. The molecule has 4 nitrogen and oxygen atoms in total. The normalized spacial score (nSPS) is 17.1. The molecule has 1 heterocycles. The van der Waals surface area contributed by atoms with Crippen molar-refractivity contribution in [1.29, 1.82) is 0 Å². The van der Waals surface area contributed by atoms with E-state index in [2.05, 4.69) is 26.9 Å². The van der Waals surface area contributed by atoms with E-state index in [0.29, 0.717) is 12.3 Å². The first-order valence-electron chi connectivity index (χ1n) is 6.91. The number of nitrogens with two attached hydrogens (primary N) is 1. The zero-order chi connectivity index (χ0) is 14.5. The average Bonchev–Trinajstić information content (AvgIpc) is 2.43. The van der Waals surface area contributed by atoms with Crippen LogP contribution in [0, 0.1) is 5.92 Å². The van der Waals surface area contributed by atoms with Gasteiger partial charge in [-0.25, -0.2) is 0 Å². The van der Waals surface area contributed by atoms with Gasteiger partial charge in [0, 0.05) is 17.4 Å². The van der Waals surface area contributed by atoms with E-state index in [-0.39, 0.29) is 5.91 Å². The Hall–Kier alpha value is -1.07. The molecular formula is C15H21BrN2O2. The first-order chi connectivity index (χ1) is 9.58. The van der Waals surface area contributed by atoms with Gasteiger partial charge in [0.25, 0.3) is 0 Å². The van der Waals surface area contributed by atoms with Gasteiger partial charge in [-0.2, -0.15) is 0 Å². The van der Waals surface area contributed by atoms with Crippen LogP contribution in [0.25, 0.3) is 0 Å². The monoisotopic (exact) mass is 340 g/mol. The molecule has 0 saturated carbocycles. The molecule has 1 amide bonds. The minimum Gasteiger partial charge on any atom is -0.497 e. The quantitative estimate of drug-likeness (QED) is 0.896. The maximum atomic E-state index is 10.9. The first kappa shape index (κ1) is 15.3.